The third kappa shape index (κ3) is 2.85. The van der Waals surface area contributed by atoms with Crippen LogP contribution in [0.4, 0.5) is 5.82 Å². The van der Waals surface area contributed by atoms with E-state index in [9.17, 15) is 4.79 Å². The number of piperidine rings is 2. The Morgan fingerprint density at radius 1 is 0.833 bits per heavy atom. The SMILES string of the molecule is O=C(c1cnc(N2CCCCC2)c2ccccc12)N1CCCCC1. The van der Waals surface area contributed by atoms with Crippen molar-refractivity contribution in [3.63, 3.8) is 0 Å². The predicted octanol–water partition coefficient (Wildman–Crippen LogP) is 3.85. The number of hydrogen-bond acceptors (Lipinski definition) is 3. The van der Waals surface area contributed by atoms with Gasteiger partial charge in [0.05, 0.1) is 5.56 Å². The van der Waals surface area contributed by atoms with Crippen LogP contribution in [0.5, 0.6) is 0 Å². The van der Waals surface area contributed by atoms with Gasteiger partial charge in [-0.15, -0.1) is 0 Å². The second-order valence-corrected chi connectivity index (χ2v) is 6.94. The molecule has 0 unspecified atom stereocenters. The normalized spacial score (nSPS) is 18.8. The molecule has 1 aromatic carbocycles. The van der Waals surface area contributed by atoms with E-state index in [4.69, 9.17) is 4.98 Å². The van der Waals surface area contributed by atoms with Crippen molar-refractivity contribution in [1.29, 1.82) is 0 Å². The van der Waals surface area contributed by atoms with Gasteiger partial charge in [0.25, 0.3) is 5.91 Å². The summed E-state index contributed by atoms with van der Waals surface area (Å²) in [5.74, 6) is 1.18. The fourth-order valence-electron chi connectivity index (χ4n) is 3.97. The molecule has 0 radical (unpaired) electrons. The van der Waals surface area contributed by atoms with Crippen LogP contribution < -0.4 is 4.90 Å². The zero-order valence-corrected chi connectivity index (χ0v) is 14.2. The van der Waals surface area contributed by atoms with Crippen LogP contribution in [0.15, 0.2) is 30.5 Å². The minimum Gasteiger partial charge on any atom is -0.356 e. The number of fused-ring (bicyclic) bond motifs is 1. The van der Waals surface area contributed by atoms with Crippen LogP contribution in [0.2, 0.25) is 0 Å². The summed E-state index contributed by atoms with van der Waals surface area (Å²) < 4.78 is 0. The van der Waals surface area contributed by atoms with Crippen LogP contribution in [0, 0.1) is 0 Å². The van der Waals surface area contributed by atoms with Gasteiger partial charge in [0, 0.05) is 37.8 Å². The Kier molecular flexibility index (Phi) is 4.37. The fraction of sp³-hybridized carbons (Fsp3) is 0.500. The molecular weight excluding hydrogens is 298 g/mol. The topological polar surface area (TPSA) is 36.4 Å². The summed E-state index contributed by atoms with van der Waals surface area (Å²) >= 11 is 0. The van der Waals surface area contributed by atoms with Crippen molar-refractivity contribution in [2.75, 3.05) is 31.1 Å². The van der Waals surface area contributed by atoms with E-state index in [1.807, 2.05) is 23.2 Å². The van der Waals surface area contributed by atoms with Crippen LogP contribution in [0.3, 0.4) is 0 Å². The Bertz CT molecular complexity index is 731. The first-order valence-corrected chi connectivity index (χ1v) is 9.26. The van der Waals surface area contributed by atoms with Gasteiger partial charge in [-0.3, -0.25) is 4.79 Å². The van der Waals surface area contributed by atoms with Gasteiger partial charge in [0.2, 0.25) is 0 Å². The minimum absolute atomic E-state index is 0.142. The lowest BCUT2D eigenvalue weighted by Crippen LogP contribution is -2.36. The number of aromatic nitrogens is 1. The molecule has 0 aliphatic carbocycles. The highest BCUT2D eigenvalue weighted by atomic mass is 16.2. The summed E-state index contributed by atoms with van der Waals surface area (Å²) in [6.45, 7) is 3.88. The maximum atomic E-state index is 13.0. The molecule has 0 spiro atoms. The lowest BCUT2D eigenvalue weighted by Gasteiger charge is -2.30. The van der Waals surface area contributed by atoms with Crippen molar-refractivity contribution in [2.24, 2.45) is 0 Å². The number of pyridine rings is 1. The summed E-state index contributed by atoms with van der Waals surface area (Å²) in [6, 6.07) is 8.25. The number of benzene rings is 1. The highest BCUT2D eigenvalue weighted by Gasteiger charge is 2.23. The van der Waals surface area contributed by atoms with Gasteiger partial charge in [0.15, 0.2) is 0 Å². The average Bonchev–Trinajstić information content (AvgIpc) is 2.68. The summed E-state index contributed by atoms with van der Waals surface area (Å²) in [4.78, 5) is 22.1. The molecule has 2 aliphatic rings. The predicted molar refractivity (Wildman–Crippen MR) is 97.6 cm³/mol. The maximum absolute atomic E-state index is 13.0. The number of likely N-dealkylation sites (tertiary alicyclic amines) is 1. The molecule has 1 aromatic heterocycles. The first kappa shape index (κ1) is 15.4. The molecule has 4 heteroatoms. The number of carbonyl (C=O) groups is 1. The molecule has 4 rings (SSSR count). The van der Waals surface area contributed by atoms with E-state index in [1.54, 1.807) is 0 Å². The Balaban J connectivity index is 1.73. The molecule has 2 aromatic rings. The minimum atomic E-state index is 0.142. The number of nitrogens with zero attached hydrogens (tertiary/aromatic N) is 3. The van der Waals surface area contributed by atoms with Crippen LogP contribution in [0.25, 0.3) is 10.8 Å². The Labute approximate surface area is 143 Å². The van der Waals surface area contributed by atoms with E-state index in [0.717, 1.165) is 61.2 Å². The fourth-order valence-corrected chi connectivity index (χ4v) is 3.97. The van der Waals surface area contributed by atoms with Crippen molar-refractivity contribution < 1.29 is 4.79 Å². The maximum Gasteiger partial charge on any atom is 0.256 e. The van der Waals surface area contributed by atoms with Gasteiger partial charge in [-0.25, -0.2) is 4.98 Å². The quantitative estimate of drug-likeness (QED) is 0.842. The van der Waals surface area contributed by atoms with Crippen molar-refractivity contribution in [2.45, 2.75) is 38.5 Å². The zero-order chi connectivity index (χ0) is 16.4. The van der Waals surface area contributed by atoms with Gasteiger partial charge >= 0.3 is 0 Å². The molecule has 2 fully saturated rings. The van der Waals surface area contributed by atoms with E-state index in [2.05, 4.69) is 17.0 Å². The highest BCUT2D eigenvalue weighted by Crippen LogP contribution is 2.30. The van der Waals surface area contributed by atoms with E-state index in [0.29, 0.717) is 0 Å². The van der Waals surface area contributed by atoms with Crippen molar-refractivity contribution >= 4 is 22.5 Å². The summed E-state index contributed by atoms with van der Waals surface area (Å²) in [5.41, 5.74) is 0.758. The van der Waals surface area contributed by atoms with E-state index in [-0.39, 0.29) is 5.91 Å². The van der Waals surface area contributed by atoms with Gasteiger partial charge in [-0.2, -0.15) is 0 Å². The molecule has 3 heterocycles. The van der Waals surface area contributed by atoms with Gasteiger partial charge < -0.3 is 9.80 Å². The van der Waals surface area contributed by atoms with Crippen LogP contribution in [0.1, 0.15) is 48.9 Å². The molecule has 0 N–H and O–H groups in total. The third-order valence-electron chi connectivity index (χ3n) is 5.30. The molecule has 0 bridgehead atoms. The lowest BCUT2D eigenvalue weighted by atomic mass is 10.0. The van der Waals surface area contributed by atoms with Crippen molar-refractivity contribution in [3.05, 3.63) is 36.0 Å². The molecule has 2 saturated heterocycles. The van der Waals surface area contributed by atoms with E-state index < -0.39 is 0 Å². The summed E-state index contributed by atoms with van der Waals surface area (Å²) in [7, 11) is 0. The first-order valence-electron chi connectivity index (χ1n) is 9.26. The Hall–Kier alpha value is -2.10. The zero-order valence-electron chi connectivity index (χ0n) is 14.2. The molecule has 2 aliphatic heterocycles. The van der Waals surface area contributed by atoms with Crippen LogP contribution in [-0.4, -0.2) is 42.0 Å². The van der Waals surface area contributed by atoms with Crippen LogP contribution in [-0.2, 0) is 0 Å². The monoisotopic (exact) mass is 323 g/mol. The van der Waals surface area contributed by atoms with Crippen molar-refractivity contribution in [1.82, 2.24) is 9.88 Å². The summed E-state index contributed by atoms with van der Waals surface area (Å²) in [5, 5.41) is 2.16. The first-order chi connectivity index (χ1) is 11.8. The average molecular weight is 323 g/mol. The van der Waals surface area contributed by atoms with E-state index in [1.165, 1.54) is 25.7 Å². The Morgan fingerprint density at radius 2 is 1.46 bits per heavy atom. The Morgan fingerprint density at radius 3 is 2.17 bits per heavy atom. The molecule has 0 saturated carbocycles. The van der Waals surface area contributed by atoms with Crippen LogP contribution >= 0.6 is 0 Å². The number of carbonyl (C=O) groups excluding carboxylic acids is 1. The highest BCUT2D eigenvalue weighted by molar-refractivity contribution is 6.09. The molecule has 4 nitrogen and oxygen atoms in total. The molecule has 24 heavy (non-hydrogen) atoms. The van der Waals surface area contributed by atoms with Gasteiger partial charge in [0.1, 0.15) is 5.82 Å². The largest absolute Gasteiger partial charge is 0.356 e. The molecule has 126 valence electrons. The smallest absolute Gasteiger partial charge is 0.256 e. The lowest BCUT2D eigenvalue weighted by molar-refractivity contribution is 0.0726. The molecular formula is C20H25N3O. The second-order valence-electron chi connectivity index (χ2n) is 6.94. The molecule has 0 atom stereocenters. The third-order valence-corrected chi connectivity index (χ3v) is 5.30. The second kappa shape index (κ2) is 6.80. The van der Waals surface area contributed by atoms with Crippen molar-refractivity contribution in [3.8, 4) is 0 Å². The molecule has 1 amide bonds. The van der Waals surface area contributed by atoms with Gasteiger partial charge in [-0.05, 0) is 43.9 Å². The number of hydrogen-bond donors (Lipinski definition) is 0. The summed E-state index contributed by atoms with van der Waals surface area (Å²) in [6.07, 6.45) is 9.03. The van der Waals surface area contributed by atoms with E-state index >= 15 is 0 Å². The number of anilines is 1. The number of rotatable bonds is 2. The van der Waals surface area contributed by atoms with Gasteiger partial charge in [-0.1, -0.05) is 24.3 Å². The number of amides is 1. The standard InChI is InChI=1S/C20H25N3O/c24-20(23-13-7-2-8-14-23)18-15-21-19(22-11-5-1-6-12-22)17-10-4-3-9-16(17)18/h3-4,9-10,15H,1-2,5-8,11-14H2.